The fourth-order valence-electron chi connectivity index (χ4n) is 3.62. The van der Waals surface area contributed by atoms with Gasteiger partial charge in [-0.2, -0.15) is 0 Å². The fourth-order valence-corrected chi connectivity index (χ4v) is 5.35. The van der Waals surface area contributed by atoms with E-state index in [0.717, 1.165) is 5.52 Å². The van der Waals surface area contributed by atoms with Crippen LogP contribution in [-0.2, 0) is 16.9 Å². The van der Waals surface area contributed by atoms with Crippen molar-refractivity contribution in [3.63, 3.8) is 0 Å². The normalized spacial score (nSPS) is 19.4. The number of fused-ring (bicyclic) bond motifs is 1. The van der Waals surface area contributed by atoms with Crippen LogP contribution in [0.3, 0.4) is 0 Å². The summed E-state index contributed by atoms with van der Waals surface area (Å²) in [5.74, 6) is -0.759. The maximum atomic E-state index is 13.6. The predicted octanol–water partition coefficient (Wildman–Crippen LogP) is 1.25. The molecule has 0 saturated carbocycles. The van der Waals surface area contributed by atoms with E-state index in [1.54, 1.807) is 24.6 Å². The quantitative estimate of drug-likeness (QED) is 0.881. The second kappa shape index (κ2) is 6.42. The Morgan fingerprint density at radius 2 is 2.16 bits per heavy atom. The van der Waals surface area contributed by atoms with Gasteiger partial charge < -0.3 is 14.6 Å². The van der Waals surface area contributed by atoms with Crippen molar-refractivity contribution in [2.45, 2.75) is 19.4 Å². The number of hydrogen-bond acceptors (Lipinski definition) is 4. The highest BCUT2D eigenvalue weighted by Gasteiger charge is 2.36. The molecule has 1 aromatic heterocycles. The van der Waals surface area contributed by atoms with Crippen LogP contribution in [0.2, 0.25) is 0 Å². The number of aryl methyl sites for hydroxylation is 2. The van der Waals surface area contributed by atoms with Gasteiger partial charge in [0.2, 0.25) is 0 Å². The van der Waals surface area contributed by atoms with Gasteiger partial charge in [0.15, 0.2) is 9.84 Å². The Hall–Kier alpha value is -1.93. The van der Waals surface area contributed by atoms with Crippen molar-refractivity contribution < 1.29 is 22.7 Å². The van der Waals surface area contributed by atoms with Crippen LogP contribution in [-0.4, -0.2) is 59.6 Å². The molecular formula is C17H21FN2O4S. The Bertz CT molecular complexity index is 936. The van der Waals surface area contributed by atoms with E-state index in [4.69, 9.17) is 0 Å². The average Bonchev–Trinajstić information content (AvgIpc) is 3.02. The minimum absolute atomic E-state index is 0.0478. The molecule has 0 spiro atoms. The molecule has 0 bridgehead atoms. The molecule has 1 aliphatic rings. The molecule has 2 heterocycles. The lowest BCUT2D eigenvalue weighted by Crippen LogP contribution is -2.43. The zero-order valence-corrected chi connectivity index (χ0v) is 15.0. The van der Waals surface area contributed by atoms with E-state index in [2.05, 4.69) is 0 Å². The molecule has 25 heavy (non-hydrogen) atoms. The number of aliphatic hydroxyl groups is 1. The molecule has 1 aliphatic heterocycles. The first-order valence-electron chi connectivity index (χ1n) is 8.12. The molecule has 3 rings (SSSR count). The van der Waals surface area contributed by atoms with Crippen LogP contribution in [0.5, 0.6) is 0 Å². The van der Waals surface area contributed by atoms with E-state index in [1.807, 2.05) is 0 Å². The van der Waals surface area contributed by atoms with Crippen LogP contribution in [0.4, 0.5) is 4.39 Å². The molecule has 1 saturated heterocycles. The average molecular weight is 368 g/mol. The standard InChI is InChI=1S/C17H21FN2O4S/c1-11-14-9-12(18)3-4-15(14)19(2)16(11)17(22)20(6-7-21)13-5-8-25(23,24)10-13/h3-4,9,13,21H,5-8,10H2,1-2H3. The van der Waals surface area contributed by atoms with Gasteiger partial charge in [-0.05, 0) is 37.1 Å². The smallest absolute Gasteiger partial charge is 0.271 e. The second-order valence-electron chi connectivity index (χ2n) is 6.47. The minimum atomic E-state index is -3.16. The number of hydrogen-bond donors (Lipinski definition) is 1. The summed E-state index contributed by atoms with van der Waals surface area (Å²) in [6.45, 7) is 1.56. The monoisotopic (exact) mass is 368 g/mol. The summed E-state index contributed by atoms with van der Waals surface area (Å²) in [6.07, 6.45) is 0.367. The molecule has 6 nitrogen and oxygen atoms in total. The Labute approximate surface area is 145 Å². The highest BCUT2D eigenvalue weighted by Crippen LogP contribution is 2.28. The van der Waals surface area contributed by atoms with Crippen LogP contribution in [0.15, 0.2) is 18.2 Å². The number of aromatic nitrogens is 1. The number of carbonyl (C=O) groups excluding carboxylic acids is 1. The van der Waals surface area contributed by atoms with Gasteiger partial charge in [0.1, 0.15) is 11.5 Å². The van der Waals surface area contributed by atoms with Crippen molar-refractivity contribution in [1.82, 2.24) is 9.47 Å². The van der Waals surface area contributed by atoms with Crippen molar-refractivity contribution in [2.24, 2.45) is 7.05 Å². The molecule has 8 heteroatoms. The van der Waals surface area contributed by atoms with Crippen molar-refractivity contribution >= 4 is 26.6 Å². The third-order valence-electron chi connectivity index (χ3n) is 4.87. The van der Waals surface area contributed by atoms with Crippen molar-refractivity contribution in [1.29, 1.82) is 0 Å². The van der Waals surface area contributed by atoms with E-state index in [1.165, 1.54) is 17.0 Å². The fraction of sp³-hybridized carbons (Fsp3) is 0.471. The Balaban J connectivity index is 2.04. The maximum Gasteiger partial charge on any atom is 0.271 e. The summed E-state index contributed by atoms with van der Waals surface area (Å²) < 4.78 is 38.8. The SMILES string of the molecule is Cc1c(C(=O)N(CCO)C2CCS(=O)(=O)C2)n(C)c2ccc(F)cc12. The second-order valence-corrected chi connectivity index (χ2v) is 8.70. The number of sulfone groups is 1. The lowest BCUT2D eigenvalue weighted by Gasteiger charge is -2.28. The lowest BCUT2D eigenvalue weighted by atomic mass is 10.1. The van der Waals surface area contributed by atoms with E-state index in [9.17, 15) is 22.7 Å². The molecule has 1 atom stereocenters. The van der Waals surface area contributed by atoms with Crippen molar-refractivity contribution in [3.8, 4) is 0 Å². The van der Waals surface area contributed by atoms with Gasteiger partial charge in [0.05, 0.1) is 18.1 Å². The molecule has 1 amide bonds. The number of benzene rings is 1. The van der Waals surface area contributed by atoms with Crippen molar-refractivity contribution in [3.05, 3.63) is 35.3 Å². The van der Waals surface area contributed by atoms with E-state index in [0.29, 0.717) is 23.1 Å². The van der Waals surface area contributed by atoms with Gasteiger partial charge in [-0.1, -0.05) is 0 Å². The first-order valence-corrected chi connectivity index (χ1v) is 9.94. The molecular weight excluding hydrogens is 347 g/mol. The summed E-state index contributed by atoms with van der Waals surface area (Å²) in [5, 5.41) is 9.99. The molecule has 1 fully saturated rings. The topological polar surface area (TPSA) is 79.6 Å². The van der Waals surface area contributed by atoms with Crippen LogP contribution < -0.4 is 0 Å². The number of nitrogens with zero attached hydrogens (tertiary/aromatic N) is 2. The Morgan fingerprint density at radius 1 is 1.44 bits per heavy atom. The Morgan fingerprint density at radius 3 is 2.76 bits per heavy atom. The van der Waals surface area contributed by atoms with Gasteiger partial charge in [0.25, 0.3) is 5.91 Å². The molecule has 1 N–H and O–H groups in total. The summed E-state index contributed by atoms with van der Waals surface area (Å²) in [7, 11) is -1.43. The molecule has 0 aliphatic carbocycles. The number of halogens is 1. The Kier molecular flexibility index (Phi) is 4.59. The van der Waals surface area contributed by atoms with E-state index < -0.39 is 15.9 Å². The zero-order chi connectivity index (χ0) is 18.4. The molecule has 2 aromatic rings. The number of carbonyl (C=O) groups is 1. The maximum absolute atomic E-state index is 13.6. The van der Waals surface area contributed by atoms with Crippen LogP contribution >= 0.6 is 0 Å². The summed E-state index contributed by atoms with van der Waals surface area (Å²) in [5.41, 5.74) is 1.76. The van der Waals surface area contributed by atoms with E-state index >= 15 is 0 Å². The summed E-state index contributed by atoms with van der Waals surface area (Å²) in [4.78, 5) is 14.6. The van der Waals surface area contributed by atoms with Gasteiger partial charge in [-0.25, -0.2) is 12.8 Å². The summed E-state index contributed by atoms with van der Waals surface area (Å²) in [6, 6.07) is 3.90. The van der Waals surface area contributed by atoms with Crippen LogP contribution in [0.25, 0.3) is 10.9 Å². The van der Waals surface area contributed by atoms with Gasteiger partial charge >= 0.3 is 0 Å². The highest BCUT2D eigenvalue weighted by atomic mass is 32.2. The summed E-state index contributed by atoms with van der Waals surface area (Å²) >= 11 is 0. The number of amides is 1. The number of aliphatic hydroxyl groups excluding tert-OH is 1. The van der Waals surface area contributed by atoms with Crippen LogP contribution in [0.1, 0.15) is 22.5 Å². The molecule has 1 unspecified atom stereocenters. The highest BCUT2D eigenvalue weighted by molar-refractivity contribution is 7.91. The lowest BCUT2D eigenvalue weighted by molar-refractivity contribution is 0.0645. The third-order valence-corrected chi connectivity index (χ3v) is 6.62. The zero-order valence-electron chi connectivity index (χ0n) is 14.2. The predicted molar refractivity (Wildman–Crippen MR) is 92.8 cm³/mol. The first kappa shape index (κ1) is 17.9. The molecule has 136 valence electrons. The molecule has 0 radical (unpaired) electrons. The van der Waals surface area contributed by atoms with E-state index in [-0.39, 0.29) is 36.4 Å². The molecule has 1 aromatic carbocycles. The first-order chi connectivity index (χ1) is 11.7. The number of rotatable bonds is 4. The largest absolute Gasteiger partial charge is 0.395 e. The third kappa shape index (κ3) is 3.16. The minimum Gasteiger partial charge on any atom is -0.395 e. The van der Waals surface area contributed by atoms with Gasteiger partial charge in [-0.15, -0.1) is 0 Å². The van der Waals surface area contributed by atoms with Crippen molar-refractivity contribution in [2.75, 3.05) is 24.7 Å². The van der Waals surface area contributed by atoms with Gasteiger partial charge in [0, 0.05) is 30.5 Å². The van der Waals surface area contributed by atoms with Gasteiger partial charge in [-0.3, -0.25) is 4.79 Å². The van der Waals surface area contributed by atoms with Crippen LogP contribution in [0, 0.1) is 12.7 Å².